The monoisotopic (exact) mass is 349 g/mol. The van der Waals surface area contributed by atoms with Crippen molar-refractivity contribution in [2.24, 2.45) is 10.7 Å². The van der Waals surface area contributed by atoms with Crippen LogP contribution in [-0.4, -0.2) is 26.2 Å². The molecule has 96 valence electrons. The van der Waals surface area contributed by atoms with Crippen molar-refractivity contribution in [3.05, 3.63) is 29.3 Å². The van der Waals surface area contributed by atoms with Crippen molar-refractivity contribution in [3.63, 3.8) is 0 Å². The van der Waals surface area contributed by atoms with Gasteiger partial charge in [0.25, 0.3) is 0 Å². The fourth-order valence-corrected chi connectivity index (χ4v) is 1.26. The minimum atomic E-state index is 0. The predicted molar refractivity (Wildman–Crippen MR) is 83.3 cm³/mol. The normalized spacial score (nSPS) is 10.9. The Kier molecular flexibility index (Phi) is 7.90. The topological polar surface area (TPSA) is 59.6 Å². The van der Waals surface area contributed by atoms with E-state index in [1.807, 2.05) is 12.1 Å². The molecule has 0 bridgehead atoms. The quantitative estimate of drug-likeness (QED) is 0.380. The number of nitrogens with two attached hydrogens (primary N) is 1. The second-order valence-electron chi connectivity index (χ2n) is 3.68. The summed E-state index contributed by atoms with van der Waals surface area (Å²) in [6.45, 7) is 5.30. The zero-order valence-corrected chi connectivity index (χ0v) is 12.8. The second-order valence-corrected chi connectivity index (χ2v) is 3.68. The van der Waals surface area contributed by atoms with Gasteiger partial charge in [-0.2, -0.15) is 0 Å². The van der Waals surface area contributed by atoms with Gasteiger partial charge in [0.2, 0.25) is 0 Å². The number of benzene rings is 1. The number of aryl methyl sites for hydroxylation is 2. The molecule has 0 saturated heterocycles. The Balaban J connectivity index is 0.00000256. The van der Waals surface area contributed by atoms with E-state index in [0.29, 0.717) is 19.1 Å². The molecule has 3 N–H and O–H groups in total. The molecule has 0 fully saturated rings. The van der Waals surface area contributed by atoms with Crippen molar-refractivity contribution in [1.29, 1.82) is 0 Å². The molecule has 0 amide bonds. The van der Waals surface area contributed by atoms with Gasteiger partial charge in [0.05, 0.1) is 13.2 Å². The maximum absolute atomic E-state index is 5.72. The van der Waals surface area contributed by atoms with Gasteiger partial charge in [-0.15, -0.1) is 24.0 Å². The molecule has 0 aliphatic heterocycles. The molecule has 5 heteroatoms. The van der Waals surface area contributed by atoms with Crippen LogP contribution in [0.5, 0.6) is 0 Å². The fraction of sp³-hybridized carbons (Fsp3) is 0.417. The number of methoxy groups -OCH3 is 1. The lowest BCUT2D eigenvalue weighted by Gasteiger charge is -2.07. The Morgan fingerprint density at radius 3 is 2.65 bits per heavy atom. The molecule has 17 heavy (non-hydrogen) atoms. The van der Waals surface area contributed by atoms with Crippen LogP contribution in [0.3, 0.4) is 0 Å². The van der Waals surface area contributed by atoms with Crippen LogP contribution in [0.2, 0.25) is 0 Å². The number of aliphatic imine (C=N–C) groups is 1. The SMILES string of the molecule is COCCN=C(N)Nc1ccc(C)c(C)c1.I. The van der Waals surface area contributed by atoms with Crippen molar-refractivity contribution in [1.82, 2.24) is 0 Å². The molecule has 1 aromatic carbocycles. The molecule has 4 nitrogen and oxygen atoms in total. The third kappa shape index (κ3) is 5.88. The highest BCUT2D eigenvalue weighted by atomic mass is 127. The van der Waals surface area contributed by atoms with Crippen LogP contribution in [-0.2, 0) is 4.74 Å². The van der Waals surface area contributed by atoms with Gasteiger partial charge in [-0.1, -0.05) is 6.07 Å². The molecule has 0 radical (unpaired) electrons. The molecule has 0 unspecified atom stereocenters. The minimum Gasteiger partial charge on any atom is -0.383 e. The van der Waals surface area contributed by atoms with Crippen molar-refractivity contribution >= 4 is 35.6 Å². The standard InChI is InChI=1S/C12H19N3O.HI/c1-9-4-5-11(8-10(9)2)15-12(13)14-6-7-16-3;/h4-5,8H,6-7H2,1-3H3,(H3,13,14,15);1H. The summed E-state index contributed by atoms with van der Waals surface area (Å²) in [5.74, 6) is 0.417. The summed E-state index contributed by atoms with van der Waals surface area (Å²) in [5.41, 5.74) is 9.17. The highest BCUT2D eigenvalue weighted by Gasteiger charge is 1.97. The summed E-state index contributed by atoms with van der Waals surface area (Å²) in [6, 6.07) is 6.09. The Morgan fingerprint density at radius 2 is 2.06 bits per heavy atom. The Bertz CT molecular complexity index is 380. The van der Waals surface area contributed by atoms with Gasteiger partial charge in [-0.3, -0.25) is 4.99 Å². The van der Waals surface area contributed by atoms with E-state index < -0.39 is 0 Å². The molecule has 0 aromatic heterocycles. The highest BCUT2D eigenvalue weighted by molar-refractivity contribution is 14.0. The predicted octanol–water partition coefficient (Wildman–Crippen LogP) is 2.29. The van der Waals surface area contributed by atoms with Crippen LogP contribution in [0.1, 0.15) is 11.1 Å². The molecule has 1 aromatic rings. The molecular weight excluding hydrogens is 329 g/mol. The first kappa shape index (κ1) is 16.2. The van der Waals surface area contributed by atoms with E-state index in [0.717, 1.165) is 5.69 Å². The van der Waals surface area contributed by atoms with Crippen LogP contribution in [0.15, 0.2) is 23.2 Å². The summed E-state index contributed by atoms with van der Waals surface area (Å²) in [7, 11) is 1.64. The largest absolute Gasteiger partial charge is 0.383 e. The van der Waals surface area contributed by atoms with Crippen molar-refractivity contribution in [3.8, 4) is 0 Å². The smallest absolute Gasteiger partial charge is 0.193 e. The lowest BCUT2D eigenvalue weighted by molar-refractivity contribution is 0.208. The molecule has 0 heterocycles. The number of rotatable bonds is 4. The Hall–Kier alpha value is -0.820. The van der Waals surface area contributed by atoms with Crippen LogP contribution < -0.4 is 11.1 Å². The number of guanidine groups is 1. The molecule has 0 atom stereocenters. The van der Waals surface area contributed by atoms with Gasteiger partial charge in [0.1, 0.15) is 0 Å². The number of hydrogen-bond acceptors (Lipinski definition) is 2. The molecule has 0 aliphatic carbocycles. The zero-order valence-electron chi connectivity index (χ0n) is 10.5. The number of halogens is 1. The van der Waals surface area contributed by atoms with E-state index in [1.54, 1.807) is 7.11 Å². The molecule has 1 rings (SSSR count). The van der Waals surface area contributed by atoms with Gasteiger partial charge in [-0.05, 0) is 37.1 Å². The summed E-state index contributed by atoms with van der Waals surface area (Å²) >= 11 is 0. The number of nitrogens with zero attached hydrogens (tertiary/aromatic N) is 1. The summed E-state index contributed by atoms with van der Waals surface area (Å²) in [6.07, 6.45) is 0. The van der Waals surface area contributed by atoms with E-state index in [9.17, 15) is 0 Å². The van der Waals surface area contributed by atoms with Gasteiger partial charge in [0, 0.05) is 12.8 Å². The van der Waals surface area contributed by atoms with Crippen LogP contribution in [0.25, 0.3) is 0 Å². The third-order valence-corrected chi connectivity index (χ3v) is 2.36. The van der Waals surface area contributed by atoms with Gasteiger partial charge in [0.15, 0.2) is 5.96 Å². The Labute approximate surface area is 120 Å². The van der Waals surface area contributed by atoms with E-state index in [1.165, 1.54) is 11.1 Å². The number of anilines is 1. The van der Waals surface area contributed by atoms with Crippen molar-refractivity contribution in [2.45, 2.75) is 13.8 Å². The maximum atomic E-state index is 5.72. The van der Waals surface area contributed by atoms with Crippen molar-refractivity contribution in [2.75, 3.05) is 25.6 Å². The highest BCUT2D eigenvalue weighted by Crippen LogP contribution is 2.13. The van der Waals surface area contributed by atoms with E-state index >= 15 is 0 Å². The first-order valence-electron chi connectivity index (χ1n) is 5.26. The number of nitrogens with one attached hydrogen (secondary N) is 1. The lowest BCUT2D eigenvalue weighted by Crippen LogP contribution is -2.23. The number of ether oxygens (including phenoxy) is 1. The molecular formula is C12H20IN3O. The summed E-state index contributed by atoms with van der Waals surface area (Å²) in [5, 5.41) is 3.04. The molecule has 0 aliphatic rings. The summed E-state index contributed by atoms with van der Waals surface area (Å²) in [4.78, 5) is 4.12. The maximum Gasteiger partial charge on any atom is 0.193 e. The second kappa shape index (κ2) is 8.30. The lowest BCUT2D eigenvalue weighted by atomic mass is 10.1. The zero-order chi connectivity index (χ0) is 12.0. The van der Waals surface area contributed by atoms with E-state index in [2.05, 4.69) is 30.2 Å². The number of hydrogen-bond donors (Lipinski definition) is 2. The van der Waals surface area contributed by atoms with Gasteiger partial charge in [-0.25, -0.2) is 0 Å². The van der Waals surface area contributed by atoms with Crippen LogP contribution >= 0.6 is 24.0 Å². The average molecular weight is 349 g/mol. The molecule has 0 spiro atoms. The summed E-state index contributed by atoms with van der Waals surface area (Å²) < 4.78 is 4.89. The van der Waals surface area contributed by atoms with Gasteiger partial charge >= 0.3 is 0 Å². The first-order valence-corrected chi connectivity index (χ1v) is 5.26. The van der Waals surface area contributed by atoms with Crippen LogP contribution in [0, 0.1) is 13.8 Å². The van der Waals surface area contributed by atoms with Gasteiger partial charge < -0.3 is 15.8 Å². The first-order chi connectivity index (χ1) is 7.63. The average Bonchev–Trinajstić information content (AvgIpc) is 2.24. The fourth-order valence-electron chi connectivity index (χ4n) is 1.26. The third-order valence-electron chi connectivity index (χ3n) is 2.36. The minimum absolute atomic E-state index is 0. The van der Waals surface area contributed by atoms with Crippen LogP contribution in [0.4, 0.5) is 5.69 Å². The Morgan fingerprint density at radius 1 is 1.35 bits per heavy atom. The van der Waals surface area contributed by atoms with E-state index in [-0.39, 0.29) is 24.0 Å². The van der Waals surface area contributed by atoms with Crippen molar-refractivity contribution < 1.29 is 4.74 Å². The van der Waals surface area contributed by atoms with E-state index in [4.69, 9.17) is 10.5 Å². The molecule has 0 saturated carbocycles.